The molecule has 2 rings (SSSR count). The molecule has 4 nitrogen and oxygen atoms in total. The van der Waals surface area contributed by atoms with Gasteiger partial charge in [-0.15, -0.1) is 0 Å². The lowest BCUT2D eigenvalue weighted by molar-refractivity contribution is 0.0199. The smallest absolute Gasteiger partial charge is 0.410 e. The monoisotopic (exact) mass is 334 g/mol. The average molecular weight is 335 g/mol. The van der Waals surface area contributed by atoms with E-state index in [1.54, 1.807) is 11.8 Å². The summed E-state index contributed by atoms with van der Waals surface area (Å²) >= 11 is 5.27. The average Bonchev–Trinajstić information content (AvgIpc) is 2.57. The minimum atomic E-state index is -0.440. The molecule has 0 aromatic heterocycles. The Bertz CT molecular complexity index is 392. The van der Waals surface area contributed by atoms with Crippen molar-refractivity contribution >= 4 is 33.8 Å². The van der Waals surface area contributed by atoms with Crippen molar-refractivity contribution in [2.24, 2.45) is 0 Å². The molecular weight excluding hydrogens is 316 g/mol. The van der Waals surface area contributed by atoms with Crippen molar-refractivity contribution in [2.75, 3.05) is 6.54 Å². The first-order valence-corrected chi connectivity index (χ1v) is 7.87. The lowest BCUT2D eigenvalue weighted by Gasteiger charge is -2.35. The summed E-state index contributed by atoms with van der Waals surface area (Å²) in [6.07, 6.45) is 0.647. The Morgan fingerprint density at radius 1 is 1.56 bits per heavy atom. The lowest BCUT2D eigenvalue weighted by atomic mass is 10.1. The summed E-state index contributed by atoms with van der Waals surface area (Å²) in [7, 11) is 0. The topological polar surface area (TPSA) is 41.6 Å². The van der Waals surface area contributed by atoms with E-state index in [1.165, 1.54) is 10.6 Å². The highest BCUT2D eigenvalue weighted by atomic mass is 79.9. The number of hydrogen-bond acceptors (Lipinski definition) is 4. The molecule has 2 unspecified atom stereocenters. The number of alkyl halides is 1. The Hall–Kier alpha value is -0.360. The van der Waals surface area contributed by atoms with Gasteiger partial charge >= 0.3 is 6.09 Å². The minimum Gasteiger partial charge on any atom is -0.444 e. The minimum absolute atomic E-state index is 0.0867. The largest absolute Gasteiger partial charge is 0.444 e. The molecule has 0 aromatic carbocycles. The van der Waals surface area contributed by atoms with Crippen LogP contribution in [0.5, 0.6) is 0 Å². The third kappa shape index (κ3) is 2.96. The van der Waals surface area contributed by atoms with Crippen molar-refractivity contribution in [3.05, 3.63) is 10.6 Å². The van der Waals surface area contributed by atoms with Gasteiger partial charge in [-0.1, -0.05) is 27.7 Å². The van der Waals surface area contributed by atoms with Gasteiger partial charge in [0.05, 0.1) is 6.04 Å². The van der Waals surface area contributed by atoms with Crippen LogP contribution in [0.1, 0.15) is 34.1 Å². The first-order chi connectivity index (χ1) is 8.28. The molecule has 0 spiro atoms. The van der Waals surface area contributed by atoms with Crippen molar-refractivity contribution < 1.29 is 9.53 Å². The fraction of sp³-hybridized carbons (Fsp3) is 0.750. The molecule has 0 bridgehead atoms. The highest BCUT2D eigenvalue weighted by Gasteiger charge is 2.36. The van der Waals surface area contributed by atoms with Crippen molar-refractivity contribution in [1.82, 2.24) is 10.2 Å². The maximum atomic E-state index is 12.1. The van der Waals surface area contributed by atoms with Gasteiger partial charge in [-0.3, -0.25) is 0 Å². The van der Waals surface area contributed by atoms with Gasteiger partial charge in [0.25, 0.3) is 0 Å². The summed E-state index contributed by atoms with van der Waals surface area (Å²) < 4.78 is 5.67. The molecule has 102 valence electrons. The summed E-state index contributed by atoms with van der Waals surface area (Å²) in [5, 5.41) is 3.37. The number of nitrogens with one attached hydrogen (secondary N) is 1. The van der Waals surface area contributed by atoms with Gasteiger partial charge < -0.3 is 15.0 Å². The van der Waals surface area contributed by atoms with Gasteiger partial charge in [-0.2, -0.15) is 0 Å². The number of halogens is 1. The zero-order valence-electron chi connectivity index (χ0n) is 11.1. The van der Waals surface area contributed by atoms with Crippen LogP contribution < -0.4 is 5.32 Å². The second-order valence-corrected chi connectivity index (χ2v) is 8.19. The van der Waals surface area contributed by atoms with E-state index in [1.807, 2.05) is 25.7 Å². The number of carbonyl (C=O) groups excluding carboxylic acids is 1. The zero-order valence-corrected chi connectivity index (χ0v) is 13.5. The van der Waals surface area contributed by atoms with Crippen molar-refractivity contribution in [3.8, 4) is 0 Å². The van der Waals surface area contributed by atoms with E-state index in [4.69, 9.17) is 4.74 Å². The number of rotatable bonds is 0. The molecule has 2 aliphatic heterocycles. The molecule has 1 amide bonds. The zero-order chi connectivity index (χ0) is 13.5. The van der Waals surface area contributed by atoms with Crippen LogP contribution in [0.3, 0.4) is 0 Å². The third-order valence-corrected chi connectivity index (χ3v) is 4.85. The predicted octanol–water partition coefficient (Wildman–Crippen LogP) is 3.24. The predicted molar refractivity (Wildman–Crippen MR) is 77.5 cm³/mol. The van der Waals surface area contributed by atoms with E-state index in [-0.39, 0.29) is 16.4 Å². The molecule has 2 atom stereocenters. The van der Waals surface area contributed by atoms with Crippen LogP contribution >= 0.6 is 27.7 Å². The molecule has 0 aromatic rings. The van der Waals surface area contributed by atoms with E-state index in [0.717, 1.165) is 6.42 Å². The van der Waals surface area contributed by atoms with Crippen LogP contribution in [-0.2, 0) is 4.74 Å². The van der Waals surface area contributed by atoms with Crippen LogP contribution in [0.25, 0.3) is 0 Å². The molecular formula is C12H19BrN2O2S. The van der Waals surface area contributed by atoms with Crippen LogP contribution in [-0.4, -0.2) is 33.5 Å². The summed E-state index contributed by atoms with van der Waals surface area (Å²) in [4.78, 5) is 15.2. The van der Waals surface area contributed by atoms with Gasteiger partial charge in [0, 0.05) is 23.6 Å². The molecule has 18 heavy (non-hydrogen) atoms. The molecule has 2 heterocycles. The van der Waals surface area contributed by atoms with E-state index in [9.17, 15) is 4.79 Å². The molecule has 0 aliphatic carbocycles. The van der Waals surface area contributed by atoms with Crippen LogP contribution in [0.4, 0.5) is 4.79 Å². The van der Waals surface area contributed by atoms with E-state index < -0.39 is 5.60 Å². The standard InChI is InChI=1S/C12H19BrN2O2S/c1-7-9-8(14-10(13)18-9)5-6-15(7)11(16)17-12(2,3)4/h7,10,14H,5-6H2,1-4H3. The SMILES string of the molecule is CC1C2=C(CCN1C(=O)OC(C)(C)C)NC(Br)S2. The third-order valence-electron chi connectivity index (χ3n) is 2.89. The van der Waals surface area contributed by atoms with E-state index in [0.29, 0.717) is 6.54 Å². The Morgan fingerprint density at radius 2 is 2.22 bits per heavy atom. The number of thioether (sulfide) groups is 1. The number of hydrogen-bond donors (Lipinski definition) is 1. The van der Waals surface area contributed by atoms with E-state index in [2.05, 4.69) is 28.2 Å². The fourth-order valence-electron chi connectivity index (χ4n) is 2.10. The molecule has 0 saturated heterocycles. The Kier molecular flexibility index (Phi) is 3.88. The maximum absolute atomic E-state index is 12.1. The van der Waals surface area contributed by atoms with Crippen LogP contribution in [0.2, 0.25) is 0 Å². The number of ether oxygens (including phenoxy) is 1. The first-order valence-electron chi connectivity index (χ1n) is 6.08. The molecule has 6 heteroatoms. The molecule has 1 N–H and O–H groups in total. The second kappa shape index (κ2) is 4.96. The molecule has 0 fully saturated rings. The van der Waals surface area contributed by atoms with Crippen LogP contribution in [0, 0.1) is 0 Å². The van der Waals surface area contributed by atoms with Crippen molar-refractivity contribution in [1.29, 1.82) is 0 Å². The Labute approximate surface area is 121 Å². The first kappa shape index (κ1) is 14.1. The lowest BCUT2D eigenvalue weighted by Crippen LogP contribution is -2.45. The number of carbonyl (C=O) groups is 1. The fourth-order valence-corrected chi connectivity index (χ4v) is 4.04. The highest BCUT2D eigenvalue weighted by Crippen LogP contribution is 2.41. The summed E-state index contributed by atoms with van der Waals surface area (Å²) in [5.74, 6) is 0. The summed E-state index contributed by atoms with van der Waals surface area (Å²) in [6.45, 7) is 8.44. The van der Waals surface area contributed by atoms with Gasteiger partial charge in [0.2, 0.25) is 0 Å². The van der Waals surface area contributed by atoms with Crippen LogP contribution in [0.15, 0.2) is 10.6 Å². The van der Waals surface area contributed by atoms with Crippen molar-refractivity contribution in [2.45, 2.75) is 50.0 Å². The number of nitrogens with zero attached hydrogens (tertiary/aromatic N) is 1. The Morgan fingerprint density at radius 3 is 2.83 bits per heavy atom. The van der Waals surface area contributed by atoms with Gasteiger partial charge in [0.15, 0.2) is 0 Å². The van der Waals surface area contributed by atoms with Crippen molar-refractivity contribution in [3.63, 3.8) is 0 Å². The highest BCUT2D eigenvalue weighted by molar-refractivity contribution is 9.11. The summed E-state index contributed by atoms with van der Waals surface area (Å²) in [5.41, 5.74) is 0.819. The van der Waals surface area contributed by atoms with E-state index >= 15 is 0 Å². The summed E-state index contributed by atoms with van der Waals surface area (Å²) in [6, 6.07) is 0.0867. The molecule has 2 aliphatic rings. The van der Waals surface area contributed by atoms with Gasteiger partial charge in [-0.25, -0.2) is 4.79 Å². The van der Waals surface area contributed by atoms with Gasteiger partial charge in [-0.05, 0) is 27.7 Å². The second-order valence-electron chi connectivity index (χ2n) is 5.52. The molecule has 0 saturated carbocycles. The number of amides is 1. The normalized spacial score (nSPS) is 27.9. The molecule has 0 radical (unpaired) electrons. The Balaban J connectivity index is 2.07. The van der Waals surface area contributed by atoms with Gasteiger partial charge in [0.1, 0.15) is 9.88 Å². The quantitative estimate of drug-likeness (QED) is 0.545. The maximum Gasteiger partial charge on any atom is 0.410 e.